The van der Waals surface area contributed by atoms with E-state index in [0.717, 1.165) is 22.2 Å². The van der Waals surface area contributed by atoms with Crippen LogP contribution in [0.15, 0.2) is 22.7 Å². The molecule has 0 unspecified atom stereocenters. The number of fused-ring (bicyclic) bond motifs is 1. The van der Waals surface area contributed by atoms with Crippen molar-refractivity contribution in [3.05, 3.63) is 29.5 Å². The maximum atomic E-state index is 5.84. The van der Waals surface area contributed by atoms with Crippen LogP contribution in [0.4, 0.5) is 5.69 Å². The van der Waals surface area contributed by atoms with Crippen LogP contribution >= 0.6 is 0 Å². The second-order valence-corrected chi connectivity index (χ2v) is 3.21. The quantitative estimate of drug-likeness (QED) is 0.700. The minimum Gasteiger partial charge on any atom is -0.398 e. The van der Waals surface area contributed by atoms with E-state index in [4.69, 9.17) is 10.3 Å². The Balaban J connectivity index is 2.83. The van der Waals surface area contributed by atoms with Crippen LogP contribution in [0.1, 0.15) is 18.2 Å². The molecule has 0 fully saturated rings. The Morgan fingerprint density at radius 2 is 2.21 bits per heavy atom. The molecule has 14 heavy (non-hydrogen) atoms. The fourth-order valence-corrected chi connectivity index (χ4v) is 1.50. The zero-order valence-corrected chi connectivity index (χ0v) is 8.24. The minimum absolute atomic E-state index is 0.715. The molecule has 0 spiro atoms. The van der Waals surface area contributed by atoms with Crippen molar-refractivity contribution in [3.63, 3.8) is 0 Å². The van der Waals surface area contributed by atoms with Gasteiger partial charge in [-0.2, -0.15) is 0 Å². The molecule has 0 aliphatic rings. The molecule has 1 heterocycles. The third kappa shape index (κ3) is 1.18. The van der Waals surface area contributed by atoms with E-state index >= 15 is 0 Å². The molecule has 3 nitrogen and oxygen atoms in total. The molecule has 0 bridgehead atoms. The predicted octanol–water partition coefficient (Wildman–Crippen LogP) is 2.75. The molecular weight excluding hydrogens is 176 g/mol. The number of benzene rings is 1. The van der Waals surface area contributed by atoms with E-state index in [2.05, 4.69) is 5.16 Å². The van der Waals surface area contributed by atoms with Gasteiger partial charge in [0.05, 0.1) is 5.69 Å². The maximum absolute atomic E-state index is 5.84. The average Bonchev–Trinajstić information content (AvgIpc) is 2.53. The van der Waals surface area contributed by atoms with Crippen molar-refractivity contribution < 1.29 is 4.52 Å². The smallest absolute Gasteiger partial charge is 0.176 e. The van der Waals surface area contributed by atoms with Gasteiger partial charge in [0.1, 0.15) is 0 Å². The Morgan fingerprint density at radius 1 is 1.43 bits per heavy atom. The standard InChI is InChI=1S/C11H12N2O/c1-3-4-9-10(12)6-5-8-7(2)13-14-11(8)9/h3-6H,12H2,1-2H3/b4-3-. The first-order chi connectivity index (χ1) is 6.74. The van der Waals surface area contributed by atoms with E-state index in [1.165, 1.54) is 0 Å². The Labute approximate surface area is 82.2 Å². The van der Waals surface area contributed by atoms with Gasteiger partial charge in [0, 0.05) is 16.6 Å². The number of anilines is 1. The minimum atomic E-state index is 0.715. The van der Waals surface area contributed by atoms with Gasteiger partial charge >= 0.3 is 0 Å². The lowest BCUT2D eigenvalue weighted by Crippen LogP contribution is -1.89. The summed E-state index contributed by atoms with van der Waals surface area (Å²) in [6.45, 7) is 3.86. The number of nitrogens with zero attached hydrogens (tertiary/aromatic N) is 1. The van der Waals surface area contributed by atoms with Gasteiger partial charge in [-0.25, -0.2) is 0 Å². The van der Waals surface area contributed by atoms with Gasteiger partial charge < -0.3 is 10.3 Å². The van der Waals surface area contributed by atoms with Gasteiger partial charge in [-0.1, -0.05) is 17.3 Å². The van der Waals surface area contributed by atoms with Crippen molar-refractivity contribution >= 4 is 22.7 Å². The first-order valence-electron chi connectivity index (χ1n) is 4.51. The summed E-state index contributed by atoms with van der Waals surface area (Å²) in [4.78, 5) is 0. The van der Waals surface area contributed by atoms with Crippen LogP contribution in [0.25, 0.3) is 17.0 Å². The first kappa shape index (κ1) is 8.81. The lowest BCUT2D eigenvalue weighted by atomic mass is 10.1. The molecular formula is C11H12N2O. The Hall–Kier alpha value is -1.77. The Bertz CT molecular complexity index is 497. The van der Waals surface area contributed by atoms with Gasteiger partial charge in [0.25, 0.3) is 0 Å². The molecule has 0 amide bonds. The van der Waals surface area contributed by atoms with Gasteiger partial charge in [0.15, 0.2) is 5.58 Å². The summed E-state index contributed by atoms with van der Waals surface area (Å²) in [5.74, 6) is 0. The van der Waals surface area contributed by atoms with Crippen LogP contribution in [0.5, 0.6) is 0 Å². The largest absolute Gasteiger partial charge is 0.398 e. The predicted molar refractivity (Wildman–Crippen MR) is 57.9 cm³/mol. The zero-order valence-electron chi connectivity index (χ0n) is 8.24. The number of allylic oxidation sites excluding steroid dienone is 1. The molecule has 0 saturated carbocycles. The maximum Gasteiger partial charge on any atom is 0.176 e. The molecule has 2 aromatic rings. The van der Waals surface area contributed by atoms with E-state index in [9.17, 15) is 0 Å². The summed E-state index contributed by atoms with van der Waals surface area (Å²) < 4.78 is 5.23. The molecule has 1 aromatic heterocycles. The van der Waals surface area contributed by atoms with Gasteiger partial charge in [-0.3, -0.25) is 0 Å². The highest BCUT2D eigenvalue weighted by Crippen LogP contribution is 2.27. The molecule has 2 rings (SSSR count). The molecule has 0 aliphatic carbocycles. The van der Waals surface area contributed by atoms with Crippen LogP contribution in [0, 0.1) is 6.92 Å². The third-order valence-corrected chi connectivity index (χ3v) is 2.23. The van der Waals surface area contributed by atoms with E-state index < -0.39 is 0 Å². The van der Waals surface area contributed by atoms with Crippen molar-refractivity contribution in [2.45, 2.75) is 13.8 Å². The SMILES string of the molecule is C/C=C\c1c(N)ccc2c(C)noc12. The highest BCUT2D eigenvalue weighted by Gasteiger charge is 2.09. The number of nitrogen functional groups attached to an aromatic ring is 1. The normalized spacial score (nSPS) is 11.6. The molecule has 72 valence electrons. The number of nitrogens with two attached hydrogens (primary N) is 1. The highest BCUT2D eigenvalue weighted by molar-refractivity contribution is 5.92. The number of aromatic nitrogens is 1. The van der Waals surface area contributed by atoms with E-state index in [0.29, 0.717) is 5.69 Å². The van der Waals surface area contributed by atoms with Crippen molar-refractivity contribution in [1.29, 1.82) is 0 Å². The molecule has 0 atom stereocenters. The van der Waals surface area contributed by atoms with Gasteiger partial charge in [-0.05, 0) is 26.0 Å². The fourth-order valence-electron chi connectivity index (χ4n) is 1.50. The summed E-state index contributed by atoms with van der Waals surface area (Å²) in [5.41, 5.74) is 9.12. The summed E-state index contributed by atoms with van der Waals surface area (Å²) in [6.07, 6.45) is 3.87. The topological polar surface area (TPSA) is 52.0 Å². The van der Waals surface area contributed by atoms with Crippen molar-refractivity contribution in [3.8, 4) is 0 Å². The van der Waals surface area contributed by atoms with E-state index in [1.807, 2.05) is 38.1 Å². The van der Waals surface area contributed by atoms with Crippen LogP contribution in [-0.2, 0) is 0 Å². The molecule has 3 heteroatoms. The van der Waals surface area contributed by atoms with Crippen molar-refractivity contribution in [1.82, 2.24) is 5.16 Å². The van der Waals surface area contributed by atoms with Crippen LogP contribution in [0.3, 0.4) is 0 Å². The zero-order chi connectivity index (χ0) is 10.1. The fraction of sp³-hybridized carbons (Fsp3) is 0.182. The Kier molecular flexibility index (Phi) is 2.00. The summed E-state index contributed by atoms with van der Waals surface area (Å²) in [5, 5.41) is 4.94. The first-order valence-corrected chi connectivity index (χ1v) is 4.51. The van der Waals surface area contributed by atoms with E-state index in [-0.39, 0.29) is 0 Å². The average molecular weight is 188 g/mol. The Morgan fingerprint density at radius 3 is 2.93 bits per heavy atom. The van der Waals surface area contributed by atoms with Gasteiger partial charge in [0.2, 0.25) is 0 Å². The van der Waals surface area contributed by atoms with Crippen molar-refractivity contribution in [2.24, 2.45) is 0 Å². The number of rotatable bonds is 1. The third-order valence-electron chi connectivity index (χ3n) is 2.23. The van der Waals surface area contributed by atoms with Crippen LogP contribution in [-0.4, -0.2) is 5.16 Å². The number of hydrogen-bond donors (Lipinski definition) is 1. The highest BCUT2D eigenvalue weighted by atomic mass is 16.5. The van der Waals surface area contributed by atoms with Crippen LogP contribution < -0.4 is 5.73 Å². The van der Waals surface area contributed by atoms with Gasteiger partial charge in [-0.15, -0.1) is 0 Å². The summed E-state index contributed by atoms with van der Waals surface area (Å²) in [7, 11) is 0. The summed E-state index contributed by atoms with van der Waals surface area (Å²) in [6, 6.07) is 3.81. The lowest BCUT2D eigenvalue weighted by molar-refractivity contribution is 0.450. The molecule has 1 aromatic carbocycles. The second-order valence-electron chi connectivity index (χ2n) is 3.21. The summed E-state index contributed by atoms with van der Waals surface area (Å²) >= 11 is 0. The monoisotopic (exact) mass is 188 g/mol. The molecule has 0 radical (unpaired) electrons. The number of hydrogen-bond acceptors (Lipinski definition) is 3. The lowest BCUT2D eigenvalue weighted by Gasteiger charge is -1.99. The molecule has 0 saturated heterocycles. The molecule has 2 N–H and O–H groups in total. The van der Waals surface area contributed by atoms with Crippen molar-refractivity contribution in [2.75, 3.05) is 5.73 Å². The second kappa shape index (κ2) is 3.18. The van der Waals surface area contributed by atoms with Crippen LogP contribution in [0.2, 0.25) is 0 Å². The van der Waals surface area contributed by atoms with E-state index in [1.54, 1.807) is 0 Å². The molecule has 0 aliphatic heterocycles. The number of aryl methyl sites for hydroxylation is 1.